The fraction of sp³-hybridized carbons (Fsp3) is 0.923. The normalized spacial score (nSPS) is 30.0. The Balaban J connectivity index is 1.84. The summed E-state index contributed by atoms with van der Waals surface area (Å²) in [6.07, 6.45) is 1.07. The lowest BCUT2D eigenvalue weighted by atomic mass is 10.0. The van der Waals surface area contributed by atoms with Crippen LogP contribution in [-0.2, 0) is 0 Å². The summed E-state index contributed by atoms with van der Waals surface area (Å²) in [5.74, 6) is 0.634. The van der Waals surface area contributed by atoms with Crippen molar-refractivity contribution in [1.29, 1.82) is 0 Å². The molecule has 2 N–H and O–H groups in total. The highest BCUT2D eigenvalue weighted by atomic mass is 16.2. The Morgan fingerprint density at radius 1 is 1.44 bits per heavy atom. The molecule has 2 atom stereocenters. The Kier molecular flexibility index (Phi) is 4.45. The SMILES string of the molecule is CC(C)CC1CN(CC2CNCCN2C)C(=O)N1. The number of urea groups is 1. The van der Waals surface area contributed by atoms with E-state index in [2.05, 4.69) is 36.4 Å². The van der Waals surface area contributed by atoms with Gasteiger partial charge in [-0.15, -0.1) is 0 Å². The molecule has 0 spiro atoms. The van der Waals surface area contributed by atoms with Crippen LogP contribution in [-0.4, -0.2) is 67.7 Å². The summed E-state index contributed by atoms with van der Waals surface area (Å²) >= 11 is 0. The summed E-state index contributed by atoms with van der Waals surface area (Å²) in [5, 5.41) is 6.49. The summed E-state index contributed by atoms with van der Waals surface area (Å²) < 4.78 is 0. The van der Waals surface area contributed by atoms with E-state index in [4.69, 9.17) is 0 Å². The third-order valence-corrected chi connectivity index (χ3v) is 3.89. The van der Waals surface area contributed by atoms with Gasteiger partial charge in [0, 0.05) is 44.8 Å². The highest BCUT2D eigenvalue weighted by Crippen LogP contribution is 2.14. The smallest absolute Gasteiger partial charge is 0.317 e. The van der Waals surface area contributed by atoms with Gasteiger partial charge in [-0.05, 0) is 19.4 Å². The number of nitrogens with one attached hydrogen (secondary N) is 2. The third-order valence-electron chi connectivity index (χ3n) is 3.89. The molecule has 0 aromatic heterocycles. The van der Waals surface area contributed by atoms with Gasteiger partial charge in [0.25, 0.3) is 0 Å². The van der Waals surface area contributed by atoms with E-state index in [1.54, 1.807) is 0 Å². The van der Waals surface area contributed by atoms with Gasteiger partial charge in [-0.3, -0.25) is 4.90 Å². The highest BCUT2D eigenvalue weighted by Gasteiger charge is 2.31. The average Bonchev–Trinajstić information content (AvgIpc) is 2.61. The lowest BCUT2D eigenvalue weighted by molar-refractivity contribution is 0.154. The molecule has 0 radical (unpaired) electrons. The molecule has 0 bridgehead atoms. The monoisotopic (exact) mass is 254 g/mol. The molecule has 0 saturated carbocycles. The summed E-state index contributed by atoms with van der Waals surface area (Å²) in [6.45, 7) is 9.20. The molecule has 2 saturated heterocycles. The van der Waals surface area contributed by atoms with Crippen LogP contribution >= 0.6 is 0 Å². The predicted molar refractivity (Wildman–Crippen MR) is 72.6 cm³/mol. The van der Waals surface area contributed by atoms with E-state index >= 15 is 0 Å². The van der Waals surface area contributed by atoms with Gasteiger partial charge in [0.05, 0.1) is 0 Å². The molecule has 2 unspecified atom stereocenters. The maximum absolute atomic E-state index is 11.9. The standard InChI is InChI=1S/C13H26N4O/c1-10(2)6-11-8-17(13(18)15-11)9-12-7-14-4-5-16(12)3/h10-12,14H,4-9H2,1-3H3,(H,15,18). The molecular formula is C13H26N4O. The van der Waals surface area contributed by atoms with E-state index < -0.39 is 0 Å². The fourth-order valence-electron chi connectivity index (χ4n) is 2.84. The minimum absolute atomic E-state index is 0.111. The maximum Gasteiger partial charge on any atom is 0.317 e. The van der Waals surface area contributed by atoms with E-state index in [1.807, 2.05) is 4.90 Å². The number of nitrogens with zero attached hydrogens (tertiary/aromatic N) is 2. The van der Waals surface area contributed by atoms with Crippen molar-refractivity contribution in [2.45, 2.75) is 32.4 Å². The number of likely N-dealkylation sites (N-methyl/N-ethyl adjacent to an activating group) is 1. The Morgan fingerprint density at radius 2 is 2.22 bits per heavy atom. The Morgan fingerprint density at radius 3 is 2.89 bits per heavy atom. The minimum Gasteiger partial charge on any atom is -0.333 e. The van der Waals surface area contributed by atoms with Crippen molar-refractivity contribution in [2.24, 2.45) is 5.92 Å². The molecule has 0 aliphatic carbocycles. The molecule has 2 rings (SSSR count). The molecule has 0 aromatic rings. The van der Waals surface area contributed by atoms with E-state index in [0.717, 1.165) is 39.1 Å². The first-order chi connectivity index (χ1) is 8.56. The average molecular weight is 254 g/mol. The number of carbonyl (C=O) groups excluding carboxylic acids is 1. The molecule has 2 amide bonds. The second kappa shape index (κ2) is 5.89. The summed E-state index contributed by atoms with van der Waals surface area (Å²) in [7, 11) is 2.14. The van der Waals surface area contributed by atoms with Gasteiger partial charge >= 0.3 is 6.03 Å². The second-order valence-corrected chi connectivity index (χ2v) is 6.02. The van der Waals surface area contributed by atoms with Gasteiger partial charge in [0.15, 0.2) is 0 Å². The van der Waals surface area contributed by atoms with Gasteiger partial charge in [-0.2, -0.15) is 0 Å². The minimum atomic E-state index is 0.111. The third kappa shape index (κ3) is 3.36. The van der Waals surface area contributed by atoms with Crippen LogP contribution in [0.25, 0.3) is 0 Å². The zero-order valence-corrected chi connectivity index (χ0v) is 11.8. The molecular weight excluding hydrogens is 228 g/mol. The number of carbonyl (C=O) groups is 1. The Bertz CT molecular complexity index is 295. The molecule has 2 fully saturated rings. The summed E-state index contributed by atoms with van der Waals surface area (Å²) in [4.78, 5) is 16.2. The maximum atomic E-state index is 11.9. The highest BCUT2D eigenvalue weighted by molar-refractivity contribution is 5.76. The second-order valence-electron chi connectivity index (χ2n) is 6.02. The van der Waals surface area contributed by atoms with Crippen molar-refractivity contribution in [3.63, 3.8) is 0 Å². The van der Waals surface area contributed by atoms with Crippen molar-refractivity contribution >= 4 is 6.03 Å². The lowest BCUT2D eigenvalue weighted by Crippen LogP contribution is -2.54. The van der Waals surface area contributed by atoms with Crippen LogP contribution < -0.4 is 10.6 Å². The first kappa shape index (κ1) is 13.6. The molecule has 2 heterocycles. The molecule has 104 valence electrons. The van der Waals surface area contributed by atoms with Crippen LogP contribution in [0, 0.1) is 5.92 Å². The van der Waals surface area contributed by atoms with E-state index in [1.165, 1.54) is 0 Å². The van der Waals surface area contributed by atoms with E-state index in [9.17, 15) is 4.79 Å². The van der Waals surface area contributed by atoms with Crippen LogP contribution in [0.15, 0.2) is 0 Å². The number of piperazine rings is 1. The number of hydrogen-bond acceptors (Lipinski definition) is 3. The van der Waals surface area contributed by atoms with Crippen LogP contribution in [0.3, 0.4) is 0 Å². The van der Waals surface area contributed by atoms with Gasteiger partial charge in [-0.25, -0.2) is 4.79 Å². The molecule has 5 heteroatoms. The van der Waals surface area contributed by atoms with Crippen LogP contribution in [0.2, 0.25) is 0 Å². The van der Waals surface area contributed by atoms with Crippen molar-refractivity contribution in [2.75, 3.05) is 39.8 Å². The Hall–Kier alpha value is -0.810. The van der Waals surface area contributed by atoms with E-state index in [0.29, 0.717) is 18.0 Å². The lowest BCUT2D eigenvalue weighted by Gasteiger charge is -2.35. The quantitative estimate of drug-likeness (QED) is 0.760. The van der Waals surface area contributed by atoms with Crippen LogP contribution in [0.1, 0.15) is 20.3 Å². The van der Waals surface area contributed by atoms with Crippen LogP contribution in [0.4, 0.5) is 4.79 Å². The van der Waals surface area contributed by atoms with Crippen molar-refractivity contribution in [3.8, 4) is 0 Å². The van der Waals surface area contributed by atoms with E-state index in [-0.39, 0.29) is 6.03 Å². The Labute approximate surface area is 110 Å². The number of hydrogen-bond donors (Lipinski definition) is 2. The zero-order valence-electron chi connectivity index (χ0n) is 11.8. The summed E-state index contributed by atoms with van der Waals surface area (Å²) in [5.41, 5.74) is 0. The van der Waals surface area contributed by atoms with Gasteiger partial charge < -0.3 is 15.5 Å². The first-order valence-corrected chi connectivity index (χ1v) is 7.02. The largest absolute Gasteiger partial charge is 0.333 e. The predicted octanol–water partition coefficient (Wildman–Crippen LogP) is 0.330. The van der Waals surface area contributed by atoms with Crippen molar-refractivity contribution < 1.29 is 4.79 Å². The zero-order chi connectivity index (χ0) is 13.1. The molecule has 0 aromatic carbocycles. The summed E-state index contributed by atoms with van der Waals surface area (Å²) in [6, 6.07) is 0.890. The first-order valence-electron chi connectivity index (χ1n) is 7.02. The van der Waals surface area contributed by atoms with Crippen molar-refractivity contribution in [3.05, 3.63) is 0 Å². The molecule has 18 heavy (non-hydrogen) atoms. The molecule has 2 aliphatic rings. The topological polar surface area (TPSA) is 47.6 Å². The number of rotatable bonds is 4. The van der Waals surface area contributed by atoms with Gasteiger partial charge in [-0.1, -0.05) is 13.8 Å². The van der Waals surface area contributed by atoms with Gasteiger partial charge in [0.1, 0.15) is 0 Å². The van der Waals surface area contributed by atoms with Gasteiger partial charge in [0.2, 0.25) is 0 Å². The molecule has 2 aliphatic heterocycles. The van der Waals surface area contributed by atoms with Crippen molar-refractivity contribution in [1.82, 2.24) is 20.4 Å². The van der Waals surface area contributed by atoms with Crippen LogP contribution in [0.5, 0.6) is 0 Å². The molecule has 5 nitrogen and oxygen atoms in total. The fourth-order valence-corrected chi connectivity index (χ4v) is 2.84. The number of amides is 2.